The molecule has 0 unspecified atom stereocenters. The third-order valence-electron chi connectivity index (χ3n) is 3.93. The van der Waals surface area contributed by atoms with Crippen LogP contribution in [0.2, 0.25) is 0 Å². The van der Waals surface area contributed by atoms with Gasteiger partial charge in [0.05, 0.1) is 11.5 Å². The van der Waals surface area contributed by atoms with Gasteiger partial charge in [-0.3, -0.25) is 9.69 Å². The predicted octanol–water partition coefficient (Wildman–Crippen LogP) is -0.754. The maximum atomic E-state index is 12.2. The number of carbonyl (C=O) groups excluding carboxylic acids is 1. The number of methoxy groups -OCH3 is 1. The van der Waals surface area contributed by atoms with Crippen LogP contribution in [-0.2, 0) is 14.8 Å². The third kappa shape index (κ3) is 6.37. The van der Waals surface area contributed by atoms with Crippen LogP contribution in [0.25, 0.3) is 0 Å². The van der Waals surface area contributed by atoms with E-state index in [9.17, 15) is 13.2 Å². The van der Waals surface area contributed by atoms with Gasteiger partial charge in [-0.2, -0.15) is 0 Å². The largest absolute Gasteiger partial charge is 0.383 e. The zero-order chi connectivity index (χ0) is 18.1. The highest BCUT2D eigenvalue weighted by Crippen LogP contribution is 2.11. The van der Waals surface area contributed by atoms with Gasteiger partial charge in [-0.1, -0.05) is 6.07 Å². The first-order valence-corrected chi connectivity index (χ1v) is 9.81. The maximum absolute atomic E-state index is 12.2. The number of hydrogen-bond acceptors (Lipinski definition) is 6. The molecule has 0 saturated carbocycles. The summed E-state index contributed by atoms with van der Waals surface area (Å²) in [7, 11) is -2.15. The minimum atomic E-state index is -3.65. The van der Waals surface area contributed by atoms with Crippen LogP contribution in [-0.4, -0.2) is 78.8 Å². The van der Waals surface area contributed by atoms with Gasteiger partial charge in [-0.15, -0.1) is 0 Å². The number of sulfonamides is 1. The molecular formula is C16H26N4O4S. The van der Waals surface area contributed by atoms with Gasteiger partial charge in [0.2, 0.25) is 10.0 Å². The highest BCUT2D eigenvalue weighted by Gasteiger charge is 2.16. The second kappa shape index (κ2) is 9.83. The van der Waals surface area contributed by atoms with Crippen LogP contribution in [0.15, 0.2) is 29.2 Å². The molecule has 9 heteroatoms. The first-order chi connectivity index (χ1) is 12.0. The molecule has 0 radical (unpaired) electrons. The average molecular weight is 370 g/mol. The lowest BCUT2D eigenvalue weighted by atomic mass is 10.2. The van der Waals surface area contributed by atoms with E-state index < -0.39 is 10.0 Å². The van der Waals surface area contributed by atoms with Gasteiger partial charge >= 0.3 is 0 Å². The van der Waals surface area contributed by atoms with Crippen molar-refractivity contribution in [1.29, 1.82) is 0 Å². The summed E-state index contributed by atoms with van der Waals surface area (Å²) in [6, 6.07) is 6.02. The number of benzene rings is 1. The van der Waals surface area contributed by atoms with Crippen molar-refractivity contribution in [2.45, 2.75) is 4.90 Å². The smallest absolute Gasteiger partial charge is 0.251 e. The Bertz CT molecular complexity index is 660. The van der Waals surface area contributed by atoms with E-state index in [1.807, 2.05) is 0 Å². The molecule has 3 N–H and O–H groups in total. The summed E-state index contributed by atoms with van der Waals surface area (Å²) in [5.74, 6) is -0.274. The van der Waals surface area contributed by atoms with E-state index in [2.05, 4.69) is 20.3 Å². The highest BCUT2D eigenvalue weighted by molar-refractivity contribution is 7.89. The molecule has 0 atom stereocenters. The summed E-state index contributed by atoms with van der Waals surface area (Å²) in [4.78, 5) is 14.6. The van der Waals surface area contributed by atoms with Crippen molar-refractivity contribution in [1.82, 2.24) is 20.3 Å². The summed E-state index contributed by atoms with van der Waals surface area (Å²) in [5, 5.41) is 6.12. The van der Waals surface area contributed by atoms with Crippen molar-refractivity contribution in [2.75, 3.05) is 59.5 Å². The number of ether oxygens (including phenoxy) is 1. The van der Waals surface area contributed by atoms with Crippen LogP contribution in [0.5, 0.6) is 0 Å². The SMILES string of the molecule is COCCNS(=O)(=O)c1cccc(C(=O)NCCN2CCNCC2)c1. The van der Waals surface area contributed by atoms with Gasteiger partial charge in [0, 0.05) is 58.5 Å². The van der Waals surface area contributed by atoms with Crippen LogP contribution in [0.4, 0.5) is 0 Å². The molecule has 1 amide bonds. The normalized spacial score (nSPS) is 15.9. The number of piperazine rings is 1. The standard InChI is InChI=1S/C16H26N4O4S/c1-24-12-8-19-25(22,23)15-4-2-3-14(13-15)16(21)18-7-11-20-9-5-17-6-10-20/h2-4,13,17,19H,5-12H2,1H3,(H,18,21). The molecular weight excluding hydrogens is 344 g/mol. The fraction of sp³-hybridized carbons (Fsp3) is 0.562. The molecule has 1 fully saturated rings. The van der Waals surface area contributed by atoms with Crippen LogP contribution < -0.4 is 15.4 Å². The average Bonchev–Trinajstić information content (AvgIpc) is 2.63. The molecule has 1 aromatic carbocycles. The van der Waals surface area contributed by atoms with Crippen molar-refractivity contribution in [3.8, 4) is 0 Å². The zero-order valence-electron chi connectivity index (χ0n) is 14.5. The van der Waals surface area contributed by atoms with Crippen LogP contribution in [0.3, 0.4) is 0 Å². The number of amides is 1. The molecule has 1 aromatic rings. The van der Waals surface area contributed by atoms with E-state index in [0.717, 1.165) is 32.7 Å². The Balaban J connectivity index is 1.89. The number of nitrogens with zero attached hydrogens (tertiary/aromatic N) is 1. The Morgan fingerprint density at radius 2 is 2.04 bits per heavy atom. The monoisotopic (exact) mass is 370 g/mol. The molecule has 0 aromatic heterocycles. The Hall–Kier alpha value is -1.52. The highest BCUT2D eigenvalue weighted by atomic mass is 32.2. The molecule has 25 heavy (non-hydrogen) atoms. The molecule has 8 nitrogen and oxygen atoms in total. The lowest BCUT2D eigenvalue weighted by molar-refractivity contribution is 0.0947. The molecule has 1 aliphatic heterocycles. The third-order valence-corrected chi connectivity index (χ3v) is 5.39. The van der Waals surface area contributed by atoms with Gasteiger partial charge in [0.1, 0.15) is 0 Å². The van der Waals surface area contributed by atoms with Crippen molar-refractivity contribution < 1.29 is 17.9 Å². The first kappa shape index (κ1) is 19.8. The van der Waals surface area contributed by atoms with Gasteiger partial charge < -0.3 is 15.4 Å². The summed E-state index contributed by atoms with van der Waals surface area (Å²) >= 11 is 0. The Morgan fingerprint density at radius 1 is 1.28 bits per heavy atom. The maximum Gasteiger partial charge on any atom is 0.251 e. The number of carbonyl (C=O) groups is 1. The summed E-state index contributed by atoms with van der Waals surface area (Å²) in [6.45, 7) is 5.64. The summed E-state index contributed by atoms with van der Waals surface area (Å²) < 4.78 is 31.6. The van der Waals surface area contributed by atoms with Crippen LogP contribution >= 0.6 is 0 Å². The van der Waals surface area contributed by atoms with Gasteiger partial charge in [-0.25, -0.2) is 13.1 Å². The lowest BCUT2D eigenvalue weighted by Gasteiger charge is -2.27. The number of hydrogen-bond donors (Lipinski definition) is 3. The van der Waals surface area contributed by atoms with E-state index in [0.29, 0.717) is 12.1 Å². The van der Waals surface area contributed by atoms with Crippen molar-refractivity contribution in [3.05, 3.63) is 29.8 Å². The van der Waals surface area contributed by atoms with Crippen molar-refractivity contribution >= 4 is 15.9 Å². The van der Waals surface area contributed by atoms with E-state index in [4.69, 9.17) is 4.74 Å². The molecule has 0 bridgehead atoms. The fourth-order valence-corrected chi connectivity index (χ4v) is 3.59. The fourth-order valence-electron chi connectivity index (χ4n) is 2.53. The minimum absolute atomic E-state index is 0.0679. The number of rotatable bonds is 9. The van der Waals surface area contributed by atoms with E-state index >= 15 is 0 Å². The second-order valence-electron chi connectivity index (χ2n) is 5.77. The molecule has 0 aliphatic carbocycles. The van der Waals surface area contributed by atoms with Gasteiger partial charge in [-0.05, 0) is 18.2 Å². The van der Waals surface area contributed by atoms with Crippen molar-refractivity contribution in [2.24, 2.45) is 0 Å². The van der Waals surface area contributed by atoms with Gasteiger partial charge in [0.15, 0.2) is 0 Å². The molecule has 1 aliphatic rings. The quantitative estimate of drug-likeness (QED) is 0.495. The summed E-state index contributed by atoms with van der Waals surface area (Å²) in [6.07, 6.45) is 0. The zero-order valence-corrected chi connectivity index (χ0v) is 15.3. The minimum Gasteiger partial charge on any atom is -0.383 e. The molecule has 2 rings (SSSR count). The van der Waals surface area contributed by atoms with Crippen LogP contribution in [0, 0.1) is 0 Å². The molecule has 1 saturated heterocycles. The summed E-state index contributed by atoms with van der Waals surface area (Å²) in [5.41, 5.74) is 0.329. The first-order valence-electron chi connectivity index (χ1n) is 8.33. The number of nitrogens with one attached hydrogen (secondary N) is 3. The van der Waals surface area contributed by atoms with Crippen molar-refractivity contribution in [3.63, 3.8) is 0 Å². The topological polar surface area (TPSA) is 99.8 Å². The van der Waals surface area contributed by atoms with Crippen LogP contribution in [0.1, 0.15) is 10.4 Å². The predicted molar refractivity (Wildman–Crippen MR) is 95.1 cm³/mol. The Morgan fingerprint density at radius 3 is 2.76 bits per heavy atom. The Labute approximate surface area is 149 Å². The molecule has 140 valence electrons. The molecule has 1 heterocycles. The van der Waals surface area contributed by atoms with E-state index in [-0.39, 0.29) is 24.0 Å². The molecule has 0 spiro atoms. The van der Waals surface area contributed by atoms with Gasteiger partial charge in [0.25, 0.3) is 5.91 Å². The Kier molecular flexibility index (Phi) is 7.79. The van der Waals surface area contributed by atoms with E-state index in [1.54, 1.807) is 12.1 Å². The van der Waals surface area contributed by atoms with E-state index in [1.165, 1.54) is 19.2 Å². The second-order valence-corrected chi connectivity index (χ2v) is 7.53. The lowest BCUT2D eigenvalue weighted by Crippen LogP contribution is -2.46.